The van der Waals surface area contributed by atoms with Crippen LogP contribution in [0.3, 0.4) is 0 Å². The summed E-state index contributed by atoms with van der Waals surface area (Å²) in [4.78, 5) is 14.7. The molecule has 162 valence electrons. The lowest BCUT2D eigenvalue weighted by Crippen LogP contribution is -2.36. The van der Waals surface area contributed by atoms with Crippen LogP contribution in [0.4, 0.5) is 5.69 Å². The van der Waals surface area contributed by atoms with E-state index in [-0.39, 0.29) is 17.7 Å². The monoisotopic (exact) mass is 441 g/mol. The van der Waals surface area contributed by atoms with E-state index in [4.69, 9.17) is 18.6 Å². The van der Waals surface area contributed by atoms with E-state index in [0.717, 1.165) is 12.1 Å². The van der Waals surface area contributed by atoms with Crippen molar-refractivity contribution in [1.29, 1.82) is 0 Å². The Morgan fingerprint density at radius 2 is 1.84 bits per heavy atom. The van der Waals surface area contributed by atoms with E-state index in [0.29, 0.717) is 33.9 Å². The maximum Gasteiger partial charge on any atom is 0.277 e. The number of methoxy groups -OCH3 is 3. The largest absolute Gasteiger partial charge is 0.493 e. The van der Waals surface area contributed by atoms with Crippen molar-refractivity contribution in [2.45, 2.75) is 24.6 Å². The Bertz CT molecular complexity index is 1080. The highest BCUT2D eigenvalue weighted by molar-refractivity contribution is 7.99. The molecule has 0 aliphatic carbocycles. The highest BCUT2D eigenvalue weighted by Gasteiger charge is 2.30. The van der Waals surface area contributed by atoms with Crippen LogP contribution in [0.5, 0.6) is 17.2 Å². The second-order valence-corrected chi connectivity index (χ2v) is 7.95. The lowest BCUT2D eigenvalue weighted by molar-refractivity contribution is -0.116. The second kappa shape index (κ2) is 8.89. The summed E-state index contributed by atoms with van der Waals surface area (Å²) >= 11 is 1.22. The summed E-state index contributed by atoms with van der Waals surface area (Å²) in [6.07, 6.45) is 0.860. The number of rotatable bonds is 7. The quantitative estimate of drug-likeness (QED) is 0.511. The number of thioether (sulfide) groups is 1. The lowest BCUT2D eigenvalue weighted by Gasteiger charge is -2.22. The van der Waals surface area contributed by atoms with Gasteiger partial charge in [0.2, 0.25) is 17.5 Å². The predicted molar refractivity (Wildman–Crippen MR) is 117 cm³/mol. The van der Waals surface area contributed by atoms with Crippen molar-refractivity contribution in [3.63, 3.8) is 0 Å². The van der Waals surface area contributed by atoms with E-state index in [1.54, 1.807) is 26.4 Å². The summed E-state index contributed by atoms with van der Waals surface area (Å²) in [6.45, 7) is 2.05. The van der Waals surface area contributed by atoms with Crippen LogP contribution in [0.25, 0.3) is 11.5 Å². The molecule has 0 fully saturated rings. The number of fused-ring (bicyclic) bond motifs is 1. The third-order valence-electron chi connectivity index (χ3n) is 5.11. The van der Waals surface area contributed by atoms with Crippen molar-refractivity contribution in [2.24, 2.45) is 0 Å². The van der Waals surface area contributed by atoms with Crippen molar-refractivity contribution in [3.05, 3.63) is 42.0 Å². The van der Waals surface area contributed by atoms with Gasteiger partial charge in [-0.05, 0) is 37.1 Å². The van der Waals surface area contributed by atoms with Gasteiger partial charge in [0, 0.05) is 17.3 Å². The number of aromatic nitrogens is 2. The van der Waals surface area contributed by atoms with Crippen LogP contribution < -0.4 is 19.1 Å². The zero-order chi connectivity index (χ0) is 22.0. The maximum absolute atomic E-state index is 12.9. The van der Waals surface area contributed by atoms with Gasteiger partial charge in [-0.2, -0.15) is 0 Å². The van der Waals surface area contributed by atoms with Gasteiger partial charge in [0.1, 0.15) is 0 Å². The Labute approximate surface area is 184 Å². The first-order valence-corrected chi connectivity index (χ1v) is 10.7. The number of carbonyl (C=O) groups is 1. The number of carbonyl (C=O) groups excluding carboxylic acids is 1. The number of hydrogen-bond donors (Lipinski definition) is 0. The molecule has 31 heavy (non-hydrogen) atoms. The fourth-order valence-electron chi connectivity index (χ4n) is 3.73. The summed E-state index contributed by atoms with van der Waals surface area (Å²) in [5.41, 5.74) is 2.79. The molecule has 4 rings (SSSR count). The topological polar surface area (TPSA) is 86.9 Å². The van der Waals surface area contributed by atoms with E-state index >= 15 is 0 Å². The van der Waals surface area contributed by atoms with E-state index in [1.807, 2.05) is 23.1 Å². The molecule has 0 unspecified atom stereocenters. The van der Waals surface area contributed by atoms with Crippen molar-refractivity contribution < 1.29 is 23.4 Å². The molecule has 2 heterocycles. The Balaban J connectivity index is 1.48. The van der Waals surface area contributed by atoms with Crippen LogP contribution in [-0.2, 0) is 11.2 Å². The van der Waals surface area contributed by atoms with E-state index in [9.17, 15) is 4.79 Å². The van der Waals surface area contributed by atoms with Crippen molar-refractivity contribution >= 4 is 23.4 Å². The second-order valence-electron chi connectivity index (χ2n) is 7.02. The number of nitrogens with zero attached hydrogens (tertiary/aromatic N) is 3. The summed E-state index contributed by atoms with van der Waals surface area (Å²) in [5.74, 6) is 1.97. The zero-order valence-electron chi connectivity index (χ0n) is 17.7. The Kier molecular flexibility index (Phi) is 6.03. The Morgan fingerprint density at radius 1 is 1.13 bits per heavy atom. The summed E-state index contributed by atoms with van der Waals surface area (Å²) < 4.78 is 21.9. The van der Waals surface area contributed by atoms with Gasteiger partial charge in [-0.25, -0.2) is 0 Å². The van der Waals surface area contributed by atoms with Crippen molar-refractivity contribution in [3.8, 4) is 28.7 Å². The van der Waals surface area contributed by atoms with Crippen LogP contribution in [0.15, 0.2) is 46.0 Å². The minimum atomic E-state index is 0.00925. The van der Waals surface area contributed by atoms with Crippen LogP contribution in [0.2, 0.25) is 0 Å². The zero-order valence-corrected chi connectivity index (χ0v) is 18.6. The maximum atomic E-state index is 12.9. The Morgan fingerprint density at radius 3 is 2.52 bits per heavy atom. The number of anilines is 1. The molecule has 1 atom stereocenters. The molecule has 0 radical (unpaired) electrons. The number of amides is 1. The molecule has 1 aromatic heterocycles. The molecular formula is C22H23N3O5S. The summed E-state index contributed by atoms with van der Waals surface area (Å²) in [7, 11) is 4.62. The highest BCUT2D eigenvalue weighted by atomic mass is 32.2. The van der Waals surface area contributed by atoms with E-state index in [2.05, 4.69) is 23.2 Å². The number of para-hydroxylation sites is 1. The van der Waals surface area contributed by atoms with Gasteiger partial charge in [0.05, 0.1) is 27.1 Å². The summed E-state index contributed by atoms with van der Waals surface area (Å²) in [5, 5.41) is 8.49. The minimum Gasteiger partial charge on any atom is -0.493 e. The van der Waals surface area contributed by atoms with Gasteiger partial charge < -0.3 is 23.5 Å². The van der Waals surface area contributed by atoms with Gasteiger partial charge in [0.25, 0.3) is 5.22 Å². The van der Waals surface area contributed by atoms with Gasteiger partial charge >= 0.3 is 0 Å². The van der Waals surface area contributed by atoms with Gasteiger partial charge in [-0.15, -0.1) is 10.2 Å². The molecule has 3 aromatic rings. The smallest absolute Gasteiger partial charge is 0.277 e. The molecule has 0 spiro atoms. The van der Waals surface area contributed by atoms with Crippen molar-refractivity contribution in [1.82, 2.24) is 10.2 Å². The molecule has 1 aliphatic rings. The summed E-state index contributed by atoms with van der Waals surface area (Å²) in [6, 6.07) is 11.6. The average Bonchev–Trinajstić information content (AvgIpc) is 3.40. The molecule has 2 aromatic carbocycles. The fourth-order valence-corrected chi connectivity index (χ4v) is 4.35. The highest BCUT2D eigenvalue weighted by Crippen LogP contribution is 2.41. The molecule has 0 N–H and O–H groups in total. The normalized spacial score (nSPS) is 15.0. The fraction of sp³-hybridized carbons (Fsp3) is 0.318. The predicted octanol–water partition coefficient (Wildman–Crippen LogP) is 3.83. The van der Waals surface area contributed by atoms with E-state index in [1.165, 1.54) is 24.4 Å². The van der Waals surface area contributed by atoms with Crippen LogP contribution >= 0.6 is 11.8 Å². The number of benzene rings is 2. The number of hydrogen-bond acceptors (Lipinski definition) is 8. The third kappa shape index (κ3) is 4.05. The molecule has 0 saturated heterocycles. The average molecular weight is 442 g/mol. The van der Waals surface area contributed by atoms with Gasteiger partial charge in [-0.1, -0.05) is 30.0 Å². The van der Waals surface area contributed by atoms with Crippen molar-refractivity contribution in [2.75, 3.05) is 32.0 Å². The van der Waals surface area contributed by atoms with Crippen LogP contribution in [0, 0.1) is 0 Å². The molecular weight excluding hydrogens is 418 g/mol. The molecule has 0 bridgehead atoms. The standard InChI is InChI=1S/C22H23N3O5S/c1-13-9-14-7-5-6-8-16(14)25(13)19(26)12-31-22-24-23-21(30-22)15-10-17(27-2)20(29-4)18(11-15)28-3/h5-8,10-11,13H,9,12H2,1-4H3/t13-/m0/s1. The molecule has 1 aliphatic heterocycles. The molecule has 1 amide bonds. The minimum absolute atomic E-state index is 0.00925. The molecule has 9 heteroatoms. The molecule has 8 nitrogen and oxygen atoms in total. The van der Waals surface area contributed by atoms with Crippen LogP contribution in [-0.4, -0.2) is 49.2 Å². The first kappa shape index (κ1) is 21.0. The van der Waals surface area contributed by atoms with Crippen LogP contribution in [0.1, 0.15) is 12.5 Å². The first-order chi connectivity index (χ1) is 15.0. The third-order valence-corrected chi connectivity index (χ3v) is 5.92. The SMILES string of the molecule is COc1cc(-c2nnc(SCC(=O)N3c4ccccc4C[C@@H]3C)o2)cc(OC)c1OC. The first-order valence-electron chi connectivity index (χ1n) is 9.72. The number of ether oxygens (including phenoxy) is 3. The Hall–Kier alpha value is -3.20. The van der Waals surface area contributed by atoms with Gasteiger partial charge in [-0.3, -0.25) is 4.79 Å². The van der Waals surface area contributed by atoms with E-state index < -0.39 is 0 Å². The lowest BCUT2D eigenvalue weighted by atomic mass is 10.1. The molecule has 0 saturated carbocycles. The van der Waals surface area contributed by atoms with Gasteiger partial charge in [0.15, 0.2) is 11.5 Å².